The highest BCUT2D eigenvalue weighted by atomic mass is 32.1. The summed E-state index contributed by atoms with van der Waals surface area (Å²) in [6, 6.07) is -0.497. The summed E-state index contributed by atoms with van der Waals surface area (Å²) in [5.74, 6) is 0.136. The van der Waals surface area contributed by atoms with Crippen LogP contribution in [0.15, 0.2) is 0 Å². The smallest absolute Gasteiger partial charge is 0.246 e. The Hall–Kier alpha value is -0.750. The fourth-order valence-corrected chi connectivity index (χ4v) is 2.41. The lowest BCUT2D eigenvalue weighted by Gasteiger charge is -2.36. The molecule has 0 aromatic rings. The van der Waals surface area contributed by atoms with Crippen LogP contribution in [0.3, 0.4) is 0 Å². The predicted molar refractivity (Wildman–Crippen MR) is 74.8 cm³/mol. The fraction of sp³-hybridized carbons (Fsp3) is 0.833. The topological polar surface area (TPSA) is 52.6 Å². The molecule has 1 unspecified atom stereocenters. The van der Waals surface area contributed by atoms with Gasteiger partial charge in [-0.1, -0.05) is 6.92 Å². The molecule has 0 radical (unpaired) electrons. The van der Waals surface area contributed by atoms with Gasteiger partial charge in [0.05, 0.1) is 0 Å². The molecule has 1 saturated heterocycles. The highest BCUT2D eigenvalue weighted by molar-refractivity contribution is 7.80. The number of carbonyl (C=O) groups is 2. The van der Waals surface area contributed by atoms with Crippen molar-refractivity contribution in [1.82, 2.24) is 15.1 Å². The van der Waals surface area contributed by atoms with E-state index in [4.69, 9.17) is 0 Å². The van der Waals surface area contributed by atoms with Crippen LogP contribution < -0.4 is 5.32 Å². The van der Waals surface area contributed by atoms with Gasteiger partial charge < -0.3 is 10.2 Å². The van der Waals surface area contributed by atoms with E-state index in [0.29, 0.717) is 5.75 Å². The van der Waals surface area contributed by atoms with Crippen molar-refractivity contribution >= 4 is 24.4 Å². The van der Waals surface area contributed by atoms with Gasteiger partial charge in [-0.05, 0) is 13.0 Å². The molecule has 1 aliphatic heterocycles. The molecule has 6 heteroatoms. The zero-order chi connectivity index (χ0) is 13.5. The van der Waals surface area contributed by atoms with E-state index >= 15 is 0 Å². The summed E-state index contributed by atoms with van der Waals surface area (Å²) in [6.45, 7) is 7.97. The molecule has 0 saturated carbocycles. The van der Waals surface area contributed by atoms with Gasteiger partial charge in [-0.15, -0.1) is 0 Å². The first kappa shape index (κ1) is 15.3. The fourth-order valence-electron chi connectivity index (χ4n) is 2.16. The maximum absolute atomic E-state index is 12.2. The van der Waals surface area contributed by atoms with Crippen molar-refractivity contribution in [3.63, 3.8) is 0 Å². The van der Waals surface area contributed by atoms with E-state index < -0.39 is 6.04 Å². The Morgan fingerprint density at radius 2 is 1.89 bits per heavy atom. The van der Waals surface area contributed by atoms with Crippen molar-refractivity contribution in [3.8, 4) is 0 Å². The molecule has 1 atom stereocenters. The lowest BCUT2D eigenvalue weighted by Crippen LogP contribution is -2.55. The van der Waals surface area contributed by atoms with E-state index in [1.807, 2.05) is 4.90 Å². The molecule has 0 aromatic carbocycles. The second-order valence-corrected chi connectivity index (χ2v) is 4.97. The van der Waals surface area contributed by atoms with Gasteiger partial charge in [-0.25, -0.2) is 0 Å². The molecular formula is C12H23N3O2S. The van der Waals surface area contributed by atoms with Gasteiger partial charge >= 0.3 is 0 Å². The summed E-state index contributed by atoms with van der Waals surface area (Å²) >= 11 is 4.13. The van der Waals surface area contributed by atoms with Gasteiger partial charge in [0, 0.05) is 38.9 Å². The Kier molecular flexibility index (Phi) is 6.49. The first-order chi connectivity index (χ1) is 8.58. The van der Waals surface area contributed by atoms with Gasteiger partial charge in [-0.2, -0.15) is 12.6 Å². The average Bonchev–Trinajstić information content (AvgIpc) is 2.36. The summed E-state index contributed by atoms with van der Waals surface area (Å²) in [5.41, 5.74) is 0. The maximum Gasteiger partial charge on any atom is 0.246 e. The third-order valence-corrected chi connectivity index (χ3v) is 3.45. The summed E-state index contributed by atoms with van der Waals surface area (Å²) in [4.78, 5) is 27.4. The van der Waals surface area contributed by atoms with Gasteiger partial charge in [0.15, 0.2) is 0 Å². The third kappa shape index (κ3) is 4.49. The van der Waals surface area contributed by atoms with Crippen molar-refractivity contribution in [3.05, 3.63) is 0 Å². The van der Waals surface area contributed by atoms with Crippen LogP contribution in [0.4, 0.5) is 0 Å². The number of thiol groups is 1. The van der Waals surface area contributed by atoms with Crippen molar-refractivity contribution < 1.29 is 9.59 Å². The van der Waals surface area contributed by atoms with Crippen molar-refractivity contribution in [2.45, 2.75) is 26.3 Å². The van der Waals surface area contributed by atoms with E-state index in [0.717, 1.165) is 39.1 Å². The van der Waals surface area contributed by atoms with Crippen LogP contribution in [0.1, 0.15) is 20.3 Å². The Labute approximate surface area is 114 Å². The van der Waals surface area contributed by atoms with Crippen molar-refractivity contribution in [2.24, 2.45) is 0 Å². The molecule has 1 rings (SSSR count). The summed E-state index contributed by atoms with van der Waals surface area (Å²) < 4.78 is 0. The SMILES string of the molecule is CCCN1CCN(C(=O)C(CS)NC(C)=O)CC1. The van der Waals surface area contributed by atoms with Crippen LogP contribution in [-0.2, 0) is 9.59 Å². The molecule has 1 N–H and O–H groups in total. The van der Waals surface area contributed by atoms with Crippen LogP contribution in [-0.4, -0.2) is 66.1 Å². The second kappa shape index (κ2) is 7.63. The number of nitrogens with one attached hydrogen (secondary N) is 1. The molecular weight excluding hydrogens is 250 g/mol. The Balaban J connectivity index is 2.45. The lowest BCUT2D eigenvalue weighted by molar-refractivity contribution is -0.136. The number of piperazine rings is 1. The largest absolute Gasteiger partial charge is 0.344 e. The molecule has 1 fully saturated rings. The number of carbonyl (C=O) groups excluding carboxylic acids is 2. The number of amides is 2. The second-order valence-electron chi connectivity index (χ2n) is 4.60. The molecule has 5 nitrogen and oxygen atoms in total. The Morgan fingerprint density at radius 3 is 2.33 bits per heavy atom. The van der Waals surface area contributed by atoms with Crippen LogP contribution in [0, 0.1) is 0 Å². The highest BCUT2D eigenvalue weighted by Crippen LogP contribution is 2.05. The zero-order valence-electron chi connectivity index (χ0n) is 11.2. The predicted octanol–water partition coefficient (Wildman–Crippen LogP) is -0.0249. The monoisotopic (exact) mass is 273 g/mol. The summed E-state index contributed by atoms with van der Waals surface area (Å²) in [7, 11) is 0. The first-order valence-electron chi connectivity index (χ1n) is 6.47. The minimum atomic E-state index is -0.497. The van der Waals surface area contributed by atoms with E-state index in [-0.39, 0.29) is 11.8 Å². The molecule has 1 aliphatic rings. The molecule has 0 aliphatic carbocycles. The number of rotatable bonds is 5. The third-order valence-electron chi connectivity index (χ3n) is 3.08. The Morgan fingerprint density at radius 1 is 1.28 bits per heavy atom. The van der Waals surface area contributed by atoms with Crippen LogP contribution in [0.2, 0.25) is 0 Å². The molecule has 0 spiro atoms. The van der Waals surface area contributed by atoms with Crippen LogP contribution >= 0.6 is 12.6 Å². The normalized spacial score (nSPS) is 18.5. The summed E-state index contributed by atoms with van der Waals surface area (Å²) in [5, 5.41) is 2.64. The zero-order valence-corrected chi connectivity index (χ0v) is 12.1. The van der Waals surface area contributed by atoms with Gasteiger partial charge in [0.25, 0.3) is 0 Å². The van der Waals surface area contributed by atoms with E-state index in [1.54, 1.807) is 0 Å². The number of hydrogen-bond acceptors (Lipinski definition) is 4. The molecule has 104 valence electrons. The van der Waals surface area contributed by atoms with Crippen molar-refractivity contribution in [2.75, 3.05) is 38.5 Å². The average molecular weight is 273 g/mol. The lowest BCUT2D eigenvalue weighted by atomic mass is 10.2. The Bertz CT molecular complexity index is 291. The van der Waals surface area contributed by atoms with Gasteiger partial charge in [-0.3, -0.25) is 14.5 Å². The van der Waals surface area contributed by atoms with Gasteiger partial charge in [0.2, 0.25) is 11.8 Å². The minimum Gasteiger partial charge on any atom is -0.344 e. The van der Waals surface area contributed by atoms with Crippen LogP contribution in [0.5, 0.6) is 0 Å². The number of hydrogen-bond donors (Lipinski definition) is 2. The molecule has 0 aromatic heterocycles. The first-order valence-corrected chi connectivity index (χ1v) is 7.10. The van der Waals surface area contributed by atoms with Crippen LogP contribution in [0.25, 0.3) is 0 Å². The summed E-state index contributed by atoms with van der Waals surface area (Å²) in [6.07, 6.45) is 1.14. The highest BCUT2D eigenvalue weighted by Gasteiger charge is 2.26. The van der Waals surface area contributed by atoms with Gasteiger partial charge in [0.1, 0.15) is 6.04 Å². The number of nitrogens with zero attached hydrogens (tertiary/aromatic N) is 2. The standard InChI is InChI=1S/C12H23N3O2S/c1-3-4-14-5-7-15(8-6-14)12(17)11(9-18)13-10(2)16/h11,18H,3-9H2,1-2H3,(H,13,16). The van der Waals surface area contributed by atoms with E-state index in [2.05, 4.69) is 29.8 Å². The molecule has 0 bridgehead atoms. The quantitative estimate of drug-likeness (QED) is 0.692. The molecule has 18 heavy (non-hydrogen) atoms. The maximum atomic E-state index is 12.2. The molecule has 2 amide bonds. The van der Waals surface area contributed by atoms with Crippen molar-refractivity contribution in [1.29, 1.82) is 0 Å². The van der Waals surface area contributed by atoms with E-state index in [1.165, 1.54) is 6.92 Å². The minimum absolute atomic E-state index is 0.0173. The van der Waals surface area contributed by atoms with E-state index in [9.17, 15) is 9.59 Å². The molecule has 1 heterocycles.